The van der Waals surface area contributed by atoms with Crippen LogP contribution in [0.25, 0.3) is 0 Å². The zero-order valence-electron chi connectivity index (χ0n) is 10.8. The molecule has 0 aliphatic carbocycles. The van der Waals surface area contributed by atoms with Crippen LogP contribution in [0.1, 0.15) is 12.0 Å². The summed E-state index contributed by atoms with van der Waals surface area (Å²) in [6, 6.07) is 5.40. The predicted molar refractivity (Wildman–Crippen MR) is 71.7 cm³/mol. The summed E-state index contributed by atoms with van der Waals surface area (Å²) in [7, 11) is -1.43. The van der Waals surface area contributed by atoms with Gasteiger partial charge in [-0.25, -0.2) is 13.1 Å². The van der Waals surface area contributed by atoms with E-state index < -0.39 is 10.0 Å². The molecule has 19 heavy (non-hydrogen) atoms. The lowest BCUT2D eigenvalue weighted by atomic mass is 10.2. The average molecular weight is 286 g/mol. The Balaban J connectivity index is 1.88. The van der Waals surface area contributed by atoms with Crippen LogP contribution in [0, 0.1) is 0 Å². The lowest BCUT2D eigenvalue weighted by Gasteiger charge is -2.07. The predicted octanol–water partition coefficient (Wildman–Crippen LogP) is 0.444. The van der Waals surface area contributed by atoms with E-state index in [1.807, 2.05) is 6.07 Å². The fourth-order valence-corrected chi connectivity index (χ4v) is 2.81. The minimum absolute atomic E-state index is 0.123. The molecule has 2 rings (SSSR count). The molecule has 1 aromatic rings. The monoisotopic (exact) mass is 286 g/mol. The Morgan fingerprint density at radius 3 is 2.84 bits per heavy atom. The maximum absolute atomic E-state index is 11.7. The van der Waals surface area contributed by atoms with Crippen molar-refractivity contribution in [3.8, 4) is 11.5 Å². The first-order valence-corrected chi connectivity index (χ1v) is 7.76. The van der Waals surface area contributed by atoms with Crippen LogP contribution < -0.4 is 19.5 Å². The number of hydrogen-bond acceptors (Lipinski definition) is 5. The summed E-state index contributed by atoms with van der Waals surface area (Å²) in [5.41, 5.74) is 0.849. The van der Waals surface area contributed by atoms with E-state index in [0.717, 1.165) is 5.56 Å². The van der Waals surface area contributed by atoms with Crippen molar-refractivity contribution < 1.29 is 17.9 Å². The van der Waals surface area contributed by atoms with Gasteiger partial charge < -0.3 is 14.8 Å². The summed E-state index contributed by atoms with van der Waals surface area (Å²) < 4.78 is 36.4. The molecule has 0 aromatic heterocycles. The highest BCUT2D eigenvalue weighted by Gasteiger charge is 2.14. The average Bonchev–Trinajstić information content (AvgIpc) is 2.84. The Hall–Kier alpha value is -1.31. The van der Waals surface area contributed by atoms with Gasteiger partial charge in [-0.15, -0.1) is 0 Å². The van der Waals surface area contributed by atoms with E-state index in [1.165, 1.54) is 0 Å². The van der Waals surface area contributed by atoms with Crippen molar-refractivity contribution in [1.29, 1.82) is 0 Å². The molecule has 1 aliphatic rings. The molecule has 0 amide bonds. The first-order chi connectivity index (χ1) is 9.11. The Morgan fingerprint density at radius 1 is 1.26 bits per heavy atom. The number of rotatable bonds is 7. The largest absolute Gasteiger partial charge is 0.454 e. The van der Waals surface area contributed by atoms with Gasteiger partial charge in [0.05, 0.1) is 5.75 Å². The van der Waals surface area contributed by atoms with Crippen LogP contribution in [0.2, 0.25) is 0 Å². The van der Waals surface area contributed by atoms with Crippen LogP contribution in [-0.4, -0.2) is 34.6 Å². The highest BCUT2D eigenvalue weighted by molar-refractivity contribution is 7.89. The normalized spacial score (nSPS) is 13.7. The zero-order chi connectivity index (χ0) is 13.7. The number of ether oxygens (including phenoxy) is 2. The van der Waals surface area contributed by atoms with Crippen molar-refractivity contribution in [2.75, 3.05) is 26.1 Å². The highest BCUT2D eigenvalue weighted by atomic mass is 32.2. The van der Waals surface area contributed by atoms with Gasteiger partial charge in [-0.3, -0.25) is 0 Å². The van der Waals surface area contributed by atoms with Gasteiger partial charge in [0.15, 0.2) is 11.5 Å². The summed E-state index contributed by atoms with van der Waals surface area (Å²) in [5.74, 6) is 1.48. The summed E-state index contributed by atoms with van der Waals surface area (Å²) in [6.45, 7) is 1.16. The molecule has 0 bridgehead atoms. The van der Waals surface area contributed by atoms with Crippen LogP contribution in [0.3, 0.4) is 0 Å². The minimum atomic E-state index is -3.23. The second-order valence-corrected chi connectivity index (χ2v) is 6.21. The molecule has 6 nitrogen and oxygen atoms in total. The van der Waals surface area contributed by atoms with Crippen LogP contribution >= 0.6 is 0 Å². The summed E-state index contributed by atoms with van der Waals surface area (Å²) in [6.07, 6.45) is 0.590. The molecule has 2 N–H and O–H groups in total. The third kappa shape index (κ3) is 4.09. The van der Waals surface area contributed by atoms with Crippen molar-refractivity contribution in [2.45, 2.75) is 13.0 Å². The maximum Gasteiger partial charge on any atom is 0.231 e. The molecule has 1 aliphatic heterocycles. The van der Waals surface area contributed by atoms with Gasteiger partial charge in [0, 0.05) is 6.54 Å². The van der Waals surface area contributed by atoms with Gasteiger partial charge in [0.1, 0.15) is 0 Å². The molecule has 0 unspecified atom stereocenters. The molecule has 106 valence electrons. The van der Waals surface area contributed by atoms with Crippen molar-refractivity contribution in [2.24, 2.45) is 0 Å². The number of hydrogen-bond donors (Lipinski definition) is 2. The number of sulfonamides is 1. The number of fused-ring (bicyclic) bond motifs is 1. The zero-order valence-corrected chi connectivity index (χ0v) is 11.6. The second-order valence-electron chi connectivity index (χ2n) is 4.28. The van der Waals surface area contributed by atoms with Crippen LogP contribution in [0.5, 0.6) is 11.5 Å². The van der Waals surface area contributed by atoms with Crippen LogP contribution in [0.4, 0.5) is 0 Å². The Kier molecular flexibility index (Phi) is 4.62. The van der Waals surface area contributed by atoms with E-state index in [2.05, 4.69) is 10.0 Å². The van der Waals surface area contributed by atoms with E-state index in [9.17, 15) is 8.42 Å². The summed E-state index contributed by atoms with van der Waals surface area (Å²) >= 11 is 0. The molecule has 7 heteroatoms. The van der Waals surface area contributed by atoms with E-state index in [1.54, 1.807) is 19.2 Å². The molecular weight excluding hydrogens is 268 g/mol. The topological polar surface area (TPSA) is 76.7 Å². The molecule has 1 heterocycles. The SMILES string of the molecule is CNCCCS(=O)(=O)NCc1ccc2c(c1)OCO2. The fraction of sp³-hybridized carbons (Fsp3) is 0.500. The third-order valence-corrected chi connectivity index (χ3v) is 4.18. The highest BCUT2D eigenvalue weighted by Crippen LogP contribution is 2.32. The van der Waals surface area contributed by atoms with Gasteiger partial charge in [-0.1, -0.05) is 6.07 Å². The standard InChI is InChI=1S/C12H18N2O4S/c1-13-5-2-6-19(15,16)14-8-10-3-4-11-12(7-10)18-9-17-11/h3-4,7,13-14H,2,5-6,8-9H2,1H3. The van der Waals surface area contributed by atoms with Crippen molar-refractivity contribution >= 4 is 10.0 Å². The van der Waals surface area contributed by atoms with E-state index in [0.29, 0.717) is 24.5 Å². The van der Waals surface area contributed by atoms with Gasteiger partial charge in [0.2, 0.25) is 16.8 Å². The molecule has 0 radical (unpaired) electrons. The Morgan fingerprint density at radius 2 is 2.05 bits per heavy atom. The van der Waals surface area contributed by atoms with E-state index >= 15 is 0 Å². The molecule has 0 fully saturated rings. The summed E-state index contributed by atoms with van der Waals surface area (Å²) in [5, 5.41) is 2.92. The lowest BCUT2D eigenvalue weighted by molar-refractivity contribution is 0.174. The quantitative estimate of drug-likeness (QED) is 0.712. The first kappa shape index (κ1) is 14.1. The van der Waals surface area contributed by atoms with Crippen LogP contribution in [-0.2, 0) is 16.6 Å². The minimum Gasteiger partial charge on any atom is -0.454 e. The van der Waals surface area contributed by atoms with Gasteiger partial charge in [-0.2, -0.15) is 0 Å². The molecule has 1 aromatic carbocycles. The molecule has 0 saturated carbocycles. The Bertz CT molecular complexity index is 531. The molecule has 0 saturated heterocycles. The van der Waals surface area contributed by atoms with Crippen molar-refractivity contribution in [3.05, 3.63) is 23.8 Å². The second kappa shape index (κ2) is 6.23. The van der Waals surface area contributed by atoms with Crippen molar-refractivity contribution in [3.63, 3.8) is 0 Å². The third-order valence-electron chi connectivity index (χ3n) is 2.77. The van der Waals surface area contributed by atoms with E-state index in [-0.39, 0.29) is 19.1 Å². The van der Waals surface area contributed by atoms with Gasteiger partial charge in [0.25, 0.3) is 0 Å². The molecular formula is C12H18N2O4S. The number of benzene rings is 1. The lowest BCUT2D eigenvalue weighted by Crippen LogP contribution is -2.27. The Labute approximate surface area is 113 Å². The number of nitrogens with one attached hydrogen (secondary N) is 2. The molecule has 0 spiro atoms. The summed E-state index contributed by atoms with van der Waals surface area (Å²) in [4.78, 5) is 0. The molecule has 0 atom stereocenters. The first-order valence-electron chi connectivity index (χ1n) is 6.11. The fourth-order valence-electron chi connectivity index (χ4n) is 1.76. The van der Waals surface area contributed by atoms with Gasteiger partial charge in [-0.05, 0) is 37.7 Å². The van der Waals surface area contributed by atoms with Crippen LogP contribution in [0.15, 0.2) is 18.2 Å². The van der Waals surface area contributed by atoms with Gasteiger partial charge >= 0.3 is 0 Å². The maximum atomic E-state index is 11.7. The van der Waals surface area contributed by atoms with E-state index in [4.69, 9.17) is 9.47 Å². The smallest absolute Gasteiger partial charge is 0.231 e. The van der Waals surface area contributed by atoms with Crippen molar-refractivity contribution in [1.82, 2.24) is 10.0 Å².